The molecule has 0 atom stereocenters. The molecule has 1 saturated carbocycles. The standard InChI is InChI=1S/C13H25NS5/c1-10(2)16-14(17-11(3)4)13(15)19-18-12-8-6-5-7-9-12/h10-12H,5-9H2,1-4H3. The molecular formula is C13H25NS5. The maximum Gasteiger partial charge on any atom is 0.167 e. The summed E-state index contributed by atoms with van der Waals surface area (Å²) in [6.45, 7) is 8.89. The van der Waals surface area contributed by atoms with E-state index in [0.717, 1.165) is 9.57 Å². The first kappa shape index (κ1) is 18.3. The van der Waals surface area contributed by atoms with Gasteiger partial charge in [-0.1, -0.05) is 57.8 Å². The fourth-order valence-corrected chi connectivity index (χ4v) is 7.60. The second-order valence-corrected chi connectivity index (χ2v) is 11.7. The molecule has 0 aromatic heterocycles. The minimum atomic E-state index is 0.574. The number of hydrogen-bond donors (Lipinski definition) is 0. The molecule has 0 heterocycles. The number of rotatable bonds is 6. The lowest BCUT2D eigenvalue weighted by molar-refractivity contribution is 0.517. The number of hydrogen-bond acceptors (Lipinski definition) is 5. The van der Waals surface area contributed by atoms with Gasteiger partial charge in [-0.3, -0.25) is 0 Å². The molecule has 0 radical (unpaired) electrons. The average Bonchev–Trinajstić information content (AvgIpc) is 2.35. The van der Waals surface area contributed by atoms with Gasteiger partial charge in [-0.25, -0.2) is 3.71 Å². The summed E-state index contributed by atoms with van der Waals surface area (Å²) < 4.78 is 3.26. The fraction of sp³-hybridized carbons (Fsp3) is 0.923. The molecule has 1 rings (SSSR count). The molecular weight excluding hydrogens is 330 g/mol. The SMILES string of the molecule is CC(C)SN(SC(C)C)C(=S)SSC1CCCCC1. The molecule has 1 fully saturated rings. The predicted molar refractivity (Wildman–Crippen MR) is 102 cm³/mol. The Hall–Kier alpha value is 1.29. The summed E-state index contributed by atoms with van der Waals surface area (Å²) in [5.41, 5.74) is 0. The van der Waals surface area contributed by atoms with E-state index in [9.17, 15) is 0 Å². The van der Waals surface area contributed by atoms with Gasteiger partial charge in [0.05, 0.1) is 0 Å². The zero-order chi connectivity index (χ0) is 14.3. The zero-order valence-electron chi connectivity index (χ0n) is 12.3. The van der Waals surface area contributed by atoms with Gasteiger partial charge in [-0.2, -0.15) is 0 Å². The van der Waals surface area contributed by atoms with Crippen LogP contribution in [0, 0.1) is 0 Å². The Bertz CT molecular complexity index is 254. The van der Waals surface area contributed by atoms with Crippen molar-refractivity contribution in [3.05, 3.63) is 0 Å². The molecule has 1 aliphatic rings. The van der Waals surface area contributed by atoms with Crippen LogP contribution < -0.4 is 0 Å². The Morgan fingerprint density at radius 3 is 2.00 bits per heavy atom. The van der Waals surface area contributed by atoms with Crippen LogP contribution in [0.4, 0.5) is 0 Å². The maximum atomic E-state index is 5.61. The highest BCUT2D eigenvalue weighted by molar-refractivity contribution is 8.84. The third kappa shape index (κ3) is 8.34. The third-order valence-corrected chi connectivity index (χ3v) is 8.63. The Morgan fingerprint density at radius 1 is 1.00 bits per heavy atom. The highest BCUT2D eigenvalue weighted by Crippen LogP contribution is 2.41. The number of thiocarbonyl (C=S) groups is 1. The molecule has 0 amide bonds. The van der Waals surface area contributed by atoms with Gasteiger partial charge in [0, 0.05) is 15.7 Å². The van der Waals surface area contributed by atoms with Gasteiger partial charge in [-0.15, -0.1) is 0 Å². The highest BCUT2D eigenvalue weighted by Gasteiger charge is 2.19. The van der Waals surface area contributed by atoms with E-state index in [1.807, 2.05) is 45.5 Å². The topological polar surface area (TPSA) is 3.24 Å². The van der Waals surface area contributed by atoms with Crippen LogP contribution in [0.2, 0.25) is 0 Å². The van der Waals surface area contributed by atoms with Crippen LogP contribution in [0.3, 0.4) is 0 Å². The van der Waals surface area contributed by atoms with Gasteiger partial charge in [-0.05, 0) is 59.7 Å². The first-order valence-corrected chi connectivity index (χ1v) is 11.3. The maximum absolute atomic E-state index is 5.61. The van der Waals surface area contributed by atoms with E-state index in [0.29, 0.717) is 10.5 Å². The van der Waals surface area contributed by atoms with Crippen molar-refractivity contribution in [3.8, 4) is 0 Å². The van der Waals surface area contributed by atoms with E-state index in [1.165, 1.54) is 32.1 Å². The molecule has 1 aliphatic carbocycles. The molecule has 0 unspecified atom stereocenters. The summed E-state index contributed by atoms with van der Waals surface area (Å²) in [5, 5.41) is 1.96. The second-order valence-electron chi connectivity index (χ2n) is 5.27. The van der Waals surface area contributed by atoms with Gasteiger partial charge >= 0.3 is 0 Å². The van der Waals surface area contributed by atoms with Crippen LogP contribution in [-0.4, -0.2) is 23.8 Å². The largest absolute Gasteiger partial charge is 0.241 e. The van der Waals surface area contributed by atoms with Crippen LogP contribution >= 0.6 is 57.7 Å². The van der Waals surface area contributed by atoms with E-state index >= 15 is 0 Å². The quantitative estimate of drug-likeness (QED) is 0.306. The summed E-state index contributed by atoms with van der Waals surface area (Å²) in [4.78, 5) is 0. The fourth-order valence-electron chi connectivity index (χ4n) is 1.79. The number of nitrogens with zero attached hydrogens (tertiary/aromatic N) is 1. The molecule has 0 aliphatic heterocycles. The Labute approximate surface area is 140 Å². The molecule has 6 heteroatoms. The van der Waals surface area contributed by atoms with Crippen molar-refractivity contribution in [3.63, 3.8) is 0 Å². The molecule has 0 bridgehead atoms. The first-order chi connectivity index (χ1) is 8.99. The van der Waals surface area contributed by atoms with Crippen molar-refractivity contribution in [1.82, 2.24) is 3.71 Å². The predicted octanol–water partition coefficient (Wildman–Crippen LogP) is 6.40. The average molecular weight is 356 g/mol. The van der Waals surface area contributed by atoms with Crippen molar-refractivity contribution in [2.24, 2.45) is 0 Å². The Kier molecular flexibility index (Phi) is 9.74. The lowest BCUT2D eigenvalue weighted by Gasteiger charge is -2.26. The normalized spacial score (nSPS) is 17.2. The lowest BCUT2D eigenvalue weighted by Crippen LogP contribution is -2.17. The minimum absolute atomic E-state index is 0.574. The first-order valence-electron chi connectivity index (χ1n) is 7.00. The summed E-state index contributed by atoms with van der Waals surface area (Å²) in [5.74, 6) is 0. The lowest BCUT2D eigenvalue weighted by atomic mass is 10.0. The molecule has 112 valence electrons. The molecule has 0 saturated heterocycles. The van der Waals surface area contributed by atoms with E-state index in [1.54, 1.807) is 0 Å². The van der Waals surface area contributed by atoms with Crippen molar-refractivity contribution in [2.45, 2.75) is 75.5 Å². The summed E-state index contributed by atoms with van der Waals surface area (Å²) in [7, 11) is 3.80. The summed E-state index contributed by atoms with van der Waals surface area (Å²) in [6, 6.07) is 0. The van der Waals surface area contributed by atoms with E-state index < -0.39 is 0 Å². The second kappa shape index (κ2) is 10.1. The molecule has 0 N–H and O–H groups in total. The molecule has 0 aromatic rings. The van der Waals surface area contributed by atoms with Crippen molar-refractivity contribution < 1.29 is 0 Å². The molecule has 0 spiro atoms. The van der Waals surface area contributed by atoms with Crippen molar-refractivity contribution in [2.75, 3.05) is 0 Å². The van der Waals surface area contributed by atoms with Crippen molar-refractivity contribution >= 4 is 62.0 Å². The molecule has 1 nitrogen and oxygen atoms in total. The van der Waals surface area contributed by atoms with E-state index in [2.05, 4.69) is 31.4 Å². The van der Waals surface area contributed by atoms with Crippen LogP contribution in [0.15, 0.2) is 0 Å². The van der Waals surface area contributed by atoms with Crippen LogP contribution in [0.25, 0.3) is 0 Å². The van der Waals surface area contributed by atoms with Crippen LogP contribution in [-0.2, 0) is 0 Å². The zero-order valence-corrected chi connectivity index (χ0v) is 16.3. The van der Waals surface area contributed by atoms with Gasteiger partial charge in [0.1, 0.15) is 0 Å². The molecule has 19 heavy (non-hydrogen) atoms. The van der Waals surface area contributed by atoms with Gasteiger partial charge in [0.25, 0.3) is 0 Å². The molecule has 0 aromatic carbocycles. The van der Waals surface area contributed by atoms with Gasteiger partial charge in [0.15, 0.2) is 4.32 Å². The summed E-state index contributed by atoms with van der Waals surface area (Å²) >= 11 is 9.29. The Morgan fingerprint density at radius 2 is 1.53 bits per heavy atom. The van der Waals surface area contributed by atoms with Crippen LogP contribution in [0.5, 0.6) is 0 Å². The van der Waals surface area contributed by atoms with E-state index in [-0.39, 0.29) is 0 Å². The third-order valence-electron chi connectivity index (χ3n) is 2.57. The Balaban J connectivity index is 2.37. The highest BCUT2D eigenvalue weighted by atomic mass is 33.1. The summed E-state index contributed by atoms with van der Waals surface area (Å²) in [6.07, 6.45) is 6.96. The minimum Gasteiger partial charge on any atom is -0.241 e. The van der Waals surface area contributed by atoms with Gasteiger partial charge in [0.2, 0.25) is 0 Å². The van der Waals surface area contributed by atoms with Crippen LogP contribution in [0.1, 0.15) is 59.8 Å². The monoisotopic (exact) mass is 355 g/mol. The van der Waals surface area contributed by atoms with E-state index in [4.69, 9.17) is 12.2 Å². The smallest absolute Gasteiger partial charge is 0.167 e. The van der Waals surface area contributed by atoms with Gasteiger partial charge < -0.3 is 0 Å². The van der Waals surface area contributed by atoms with Crippen molar-refractivity contribution in [1.29, 1.82) is 0 Å².